The van der Waals surface area contributed by atoms with E-state index in [1.54, 1.807) is 54.9 Å². The molecule has 0 aliphatic rings. The van der Waals surface area contributed by atoms with E-state index in [0.717, 1.165) is 5.56 Å². The van der Waals surface area contributed by atoms with Gasteiger partial charge in [0.2, 0.25) is 5.91 Å². The van der Waals surface area contributed by atoms with Crippen LogP contribution in [-0.4, -0.2) is 23.2 Å². The molecule has 0 bridgehead atoms. The second-order valence-corrected chi connectivity index (χ2v) is 6.55. The molecule has 0 aliphatic carbocycles. The molecular weight excluding hydrogens is 423 g/mol. The molecule has 2 amide bonds. The fourth-order valence-electron chi connectivity index (χ4n) is 2.63. The maximum Gasteiger partial charge on any atom is 0.573 e. The number of anilines is 1. The van der Waals surface area contributed by atoms with Gasteiger partial charge in [0.25, 0.3) is 5.91 Å². The Morgan fingerprint density at radius 2 is 1.59 bits per heavy atom. The van der Waals surface area contributed by atoms with E-state index in [2.05, 4.69) is 20.4 Å². The quantitative estimate of drug-likeness (QED) is 0.527. The molecule has 0 fully saturated rings. The first-order chi connectivity index (χ1) is 15.3. The first kappa shape index (κ1) is 22.5. The summed E-state index contributed by atoms with van der Waals surface area (Å²) < 4.78 is 40.4. The molecule has 3 rings (SSSR count). The fourth-order valence-corrected chi connectivity index (χ4v) is 2.63. The number of benzene rings is 2. The number of aromatic nitrogens is 1. The number of nitrogens with zero attached hydrogens (tertiary/aromatic N) is 1. The largest absolute Gasteiger partial charge is 0.573 e. The Morgan fingerprint density at radius 3 is 2.22 bits per heavy atom. The number of hydrogen-bond donors (Lipinski definition) is 2. The smallest absolute Gasteiger partial charge is 0.406 e. The number of carbonyl (C=O) groups is 2. The van der Waals surface area contributed by atoms with Crippen LogP contribution in [-0.2, 0) is 11.3 Å². The van der Waals surface area contributed by atoms with Crippen molar-refractivity contribution in [3.05, 3.63) is 95.8 Å². The summed E-state index contributed by atoms with van der Waals surface area (Å²) in [7, 11) is 0. The van der Waals surface area contributed by atoms with Gasteiger partial charge in [0.05, 0.1) is 0 Å². The maximum atomic E-state index is 12.3. The van der Waals surface area contributed by atoms with Crippen molar-refractivity contribution in [2.75, 3.05) is 5.32 Å². The molecule has 32 heavy (non-hydrogen) atoms. The molecule has 6 nitrogen and oxygen atoms in total. The predicted molar refractivity (Wildman–Crippen MR) is 113 cm³/mol. The molecule has 0 saturated carbocycles. The van der Waals surface area contributed by atoms with Crippen molar-refractivity contribution < 1.29 is 27.5 Å². The topological polar surface area (TPSA) is 80.3 Å². The number of halogens is 3. The van der Waals surface area contributed by atoms with Crippen molar-refractivity contribution in [2.24, 2.45) is 0 Å². The van der Waals surface area contributed by atoms with Crippen molar-refractivity contribution in [3.63, 3.8) is 0 Å². The first-order valence-electron chi connectivity index (χ1n) is 9.40. The van der Waals surface area contributed by atoms with Gasteiger partial charge in [0, 0.05) is 36.3 Å². The van der Waals surface area contributed by atoms with E-state index in [9.17, 15) is 22.8 Å². The summed E-state index contributed by atoms with van der Waals surface area (Å²) in [6, 6.07) is 15.0. The van der Waals surface area contributed by atoms with Crippen LogP contribution in [0, 0.1) is 0 Å². The third kappa shape index (κ3) is 7.28. The highest BCUT2D eigenvalue weighted by Gasteiger charge is 2.30. The second-order valence-electron chi connectivity index (χ2n) is 6.55. The zero-order chi connectivity index (χ0) is 23.0. The molecular formula is C23H18F3N3O3. The average Bonchev–Trinajstić information content (AvgIpc) is 2.77. The fraction of sp³-hybridized carbons (Fsp3) is 0.0870. The highest BCUT2D eigenvalue weighted by molar-refractivity contribution is 6.02. The molecule has 0 spiro atoms. The Hall–Kier alpha value is -4.14. The van der Waals surface area contributed by atoms with Gasteiger partial charge in [-0.15, -0.1) is 13.2 Å². The lowest BCUT2D eigenvalue weighted by molar-refractivity contribution is -0.274. The van der Waals surface area contributed by atoms with E-state index in [-0.39, 0.29) is 24.1 Å². The third-order valence-corrected chi connectivity index (χ3v) is 4.16. The minimum Gasteiger partial charge on any atom is -0.406 e. The Morgan fingerprint density at radius 1 is 0.938 bits per heavy atom. The van der Waals surface area contributed by atoms with Crippen LogP contribution in [0.25, 0.3) is 6.08 Å². The Labute approximate surface area is 181 Å². The van der Waals surface area contributed by atoms with Crippen LogP contribution in [0.4, 0.5) is 18.9 Å². The number of alkyl halides is 3. The van der Waals surface area contributed by atoms with Crippen molar-refractivity contribution in [1.82, 2.24) is 10.3 Å². The summed E-state index contributed by atoms with van der Waals surface area (Å²) in [5.74, 6) is -1.02. The molecule has 9 heteroatoms. The third-order valence-electron chi connectivity index (χ3n) is 4.16. The molecule has 1 aromatic heterocycles. The van der Waals surface area contributed by atoms with Gasteiger partial charge in [0.1, 0.15) is 5.75 Å². The molecule has 1 heterocycles. The maximum absolute atomic E-state index is 12.3. The van der Waals surface area contributed by atoms with Gasteiger partial charge in [-0.25, -0.2) is 0 Å². The van der Waals surface area contributed by atoms with Gasteiger partial charge in [-0.3, -0.25) is 14.6 Å². The van der Waals surface area contributed by atoms with Gasteiger partial charge in [-0.05, 0) is 65.7 Å². The van der Waals surface area contributed by atoms with E-state index in [1.807, 2.05) is 0 Å². The normalized spacial score (nSPS) is 11.2. The Balaban J connectivity index is 1.49. The SMILES string of the molecule is O=C(C=Cc1ccncc1)Nc1ccc(C(=O)NCc2ccc(OC(F)(F)F)cc2)cc1. The van der Waals surface area contributed by atoms with Crippen molar-refractivity contribution in [1.29, 1.82) is 0 Å². The Bertz CT molecular complexity index is 1080. The minimum atomic E-state index is -4.75. The van der Waals surface area contributed by atoms with Crippen LogP contribution in [0.3, 0.4) is 0 Å². The van der Waals surface area contributed by atoms with Crippen LogP contribution >= 0.6 is 0 Å². The number of carbonyl (C=O) groups excluding carboxylic acids is 2. The van der Waals surface area contributed by atoms with Gasteiger partial charge >= 0.3 is 6.36 Å². The lowest BCUT2D eigenvalue weighted by atomic mass is 10.1. The van der Waals surface area contributed by atoms with Crippen molar-refractivity contribution >= 4 is 23.6 Å². The summed E-state index contributed by atoms with van der Waals surface area (Å²) in [6.07, 6.45) is 1.54. The molecule has 0 atom stereocenters. The minimum absolute atomic E-state index is 0.128. The van der Waals surface area contributed by atoms with Gasteiger partial charge in [0.15, 0.2) is 0 Å². The molecule has 0 aliphatic heterocycles. The highest BCUT2D eigenvalue weighted by atomic mass is 19.4. The zero-order valence-electron chi connectivity index (χ0n) is 16.6. The van der Waals surface area contributed by atoms with Gasteiger partial charge < -0.3 is 15.4 Å². The molecule has 0 unspecified atom stereocenters. The molecule has 2 aromatic carbocycles. The number of pyridine rings is 1. The van der Waals surface area contributed by atoms with E-state index < -0.39 is 6.36 Å². The van der Waals surface area contributed by atoms with E-state index in [4.69, 9.17) is 0 Å². The summed E-state index contributed by atoms with van der Waals surface area (Å²) in [6.45, 7) is 0.128. The average molecular weight is 441 g/mol. The summed E-state index contributed by atoms with van der Waals surface area (Å²) in [5, 5.41) is 5.37. The zero-order valence-corrected chi connectivity index (χ0v) is 16.6. The van der Waals surface area contributed by atoms with Crippen LogP contribution < -0.4 is 15.4 Å². The number of amides is 2. The molecule has 3 aromatic rings. The van der Waals surface area contributed by atoms with Gasteiger partial charge in [-0.1, -0.05) is 12.1 Å². The van der Waals surface area contributed by atoms with Crippen molar-refractivity contribution in [3.8, 4) is 5.75 Å². The number of ether oxygens (including phenoxy) is 1. The molecule has 0 saturated heterocycles. The number of rotatable bonds is 7. The van der Waals surface area contributed by atoms with E-state index >= 15 is 0 Å². The molecule has 0 radical (unpaired) electrons. The summed E-state index contributed by atoms with van der Waals surface area (Å²) in [4.78, 5) is 28.2. The van der Waals surface area contributed by atoms with Crippen LogP contribution in [0.1, 0.15) is 21.5 Å². The standard InChI is InChI=1S/C23H18F3N3O3/c24-23(25,26)32-20-8-1-17(2-9-20)15-28-22(31)18-4-6-19(7-5-18)29-21(30)10-3-16-11-13-27-14-12-16/h1-14H,15H2,(H,28,31)(H,29,30). The summed E-state index contributed by atoms with van der Waals surface area (Å²) >= 11 is 0. The predicted octanol–water partition coefficient (Wildman–Crippen LogP) is 4.56. The van der Waals surface area contributed by atoms with Crippen LogP contribution in [0.15, 0.2) is 79.1 Å². The van der Waals surface area contributed by atoms with Gasteiger partial charge in [-0.2, -0.15) is 0 Å². The highest BCUT2D eigenvalue weighted by Crippen LogP contribution is 2.22. The van der Waals surface area contributed by atoms with Crippen LogP contribution in [0.2, 0.25) is 0 Å². The van der Waals surface area contributed by atoms with Crippen LogP contribution in [0.5, 0.6) is 5.75 Å². The lowest BCUT2D eigenvalue weighted by Gasteiger charge is -2.10. The monoisotopic (exact) mass is 441 g/mol. The Kier molecular flexibility index (Phi) is 7.22. The number of hydrogen-bond acceptors (Lipinski definition) is 4. The first-order valence-corrected chi connectivity index (χ1v) is 9.40. The lowest BCUT2D eigenvalue weighted by Crippen LogP contribution is -2.22. The van der Waals surface area contributed by atoms with E-state index in [0.29, 0.717) is 16.8 Å². The molecule has 2 N–H and O–H groups in total. The molecule has 164 valence electrons. The van der Waals surface area contributed by atoms with E-state index in [1.165, 1.54) is 30.3 Å². The van der Waals surface area contributed by atoms with Crippen molar-refractivity contribution in [2.45, 2.75) is 12.9 Å². The second kappa shape index (κ2) is 10.3. The number of nitrogens with one attached hydrogen (secondary N) is 2. The summed E-state index contributed by atoms with van der Waals surface area (Å²) in [5.41, 5.74) is 2.33.